The number of aliphatic hydroxyl groups excluding tert-OH is 1. The van der Waals surface area contributed by atoms with Crippen molar-refractivity contribution in [3.8, 4) is 5.75 Å². The quantitative estimate of drug-likeness (QED) is 0.866. The molecule has 19 heavy (non-hydrogen) atoms. The summed E-state index contributed by atoms with van der Waals surface area (Å²) in [6.45, 7) is -0.191. The molecule has 0 aliphatic rings. The number of benzene rings is 2. The second-order valence-corrected chi connectivity index (χ2v) is 4.43. The lowest BCUT2D eigenvalue weighted by Crippen LogP contribution is -2.46. The van der Waals surface area contributed by atoms with Gasteiger partial charge >= 0.3 is 0 Å². The Morgan fingerprint density at radius 3 is 2.47 bits per heavy atom. The molecule has 4 heteroatoms. The fourth-order valence-corrected chi connectivity index (χ4v) is 1.76. The number of ether oxygens (including phenoxy) is 1. The third kappa shape index (κ3) is 3.30. The fourth-order valence-electron chi connectivity index (χ4n) is 1.76. The molecule has 0 aliphatic carbocycles. The van der Waals surface area contributed by atoms with Crippen LogP contribution in [0.1, 0.15) is 5.56 Å². The first-order valence-electron chi connectivity index (χ1n) is 5.98. The first-order valence-corrected chi connectivity index (χ1v) is 5.98. The zero-order chi connectivity index (χ0) is 13.7. The van der Waals surface area contributed by atoms with Crippen LogP contribution in [0, 0.1) is 5.82 Å². The van der Waals surface area contributed by atoms with Crippen molar-refractivity contribution >= 4 is 0 Å². The van der Waals surface area contributed by atoms with Crippen molar-refractivity contribution in [3.63, 3.8) is 0 Å². The van der Waals surface area contributed by atoms with Gasteiger partial charge in [-0.25, -0.2) is 4.39 Å². The Morgan fingerprint density at radius 1 is 1.11 bits per heavy atom. The van der Waals surface area contributed by atoms with Gasteiger partial charge in [-0.2, -0.15) is 0 Å². The van der Waals surface area contributed by atoms with Crippen LogP contribution < -0.4 is 10.5 Å². The maximum atomic E-state index is 13.0. The van der Waals surface area contributed by atoms with Crippen molar-refractivity contribution in [1.82, 2.24) is 0 Å². The zero-order valence-corrected chi connectivity index (χ0v) is 10.4. The number of nitrogens with two attached hydrogens (primary N) is 1. The molecule has 2 aromatic rings. The second kappa shape index (κ2) is 5.82. The van der Waals surface area contributed by atoms with Gasteiger partial charge in [0.2, 0.25) is 0 Å². The smallest absolute Gasteiger partial charge is 0.126 e. The first-order chi connectivity index (χ1) is 9.14. The van der Waals surface area contributed by atoms with Crippen LogP contribution in [0.4, 0.5) is 4.39 Å². The summed E-state index contributed by atoms with van der Waals surface area (Å²) in [4.78, 5) is 0. The van der Waals surface area contributed by atoms with E-state index < -0.39 is 5.54 Å². The summed E-state index contributed by atoms with van der Waals surface area (Å²) in [5.41, 5.74) is 5.90. The highest BCUT2D eigenvalue weighted by atomic mass is 19.1. The Bertz CT molecular complexity index is 533. The van der Waals surface area contributed by atoms with Crippen molar-refractivity contribution in [2.45, 2.75) is 5.54 Å². The van der Waals surface area contributed by atoms with E-state index in [-0.39, 0.29) is 19.0 Å². The molecule has 0 aromatic heterocycles. The summed E-state index contributed by atoms with van der Waals surface area (Å²) < 4.78 is 18.5. The molecule has 2 aromatic carbocycles. The highest BCUT2D eigenvalue weighted by Crippen LogP contribution is 2.20. The van der Waals surface area contributed by atoms with E-state index in [1.54, 1.807) is 12.1 Å². The van der Waals surface area contributed by atoms with E-state index in [1.807, 2.05) is 30.3 Å². The lowest BCUT2D eigenvalue weighted by molar-refractivity contribution is 0.133. The van der Waals surface area contributed by atoms with Gasteiger partial charge < -0.3 is 15.6 Å². The van der Waals surface area contributed by atoms with E-state index in [9.17, 15) is 9.50 Å². The molecule has 2 rings (SSSR count). The van der Waals surface area contributed by atoms with Gasteiger partial charge in [0.05, 0.1) is 12.1 Å². The number of rotatable bonds is 5. The Kier molecular flexibility index (Phi) is 4.14. The van der Waals surface area contributed by atoms with E-state index in [1.165, 1.54) is 12.1 Å². The molecular weight excluding hydrogens is 245 g/mol. The molecular formula is C15H16FNO2. The molecule has 3 N–H and O–H groups in total. The van der Waals surface area contributed by atoms with E-state index in [2.05, 4.69) is 0 Å². The fraction of sp³-hybridized carbons (Fsp3) is 0.200. The highest BCUT2D eigenvalue weighted by molar-refractivity contribution is 5.26. The van der Waals surface area contributed by atoms with Crippen LogP contribution in [0.15, 0.2) is 54.6 Å². The summed E-state index contributed by atoms with van der Waals surface area (Å²) in [6.07, 6.45) is 0. The van der Waals surface area contributed by atoms with Gasteiger partial charge in [0.1, 0.15) is 18.2 Å². The molecule has 0 aliphatic heterocycles. The van der Waals surface area contributed by atoms with Crippen LogP contribution in [-0.2, 0) is 5.54 Å². The van der Waals surface area contributed by atoms with Crippen LogP contribution in [0.5, 0.6) is 5.75 Å². The monoisotopic (exact) mass is 261 g/mol. The Balaban J connectivity index is 2.11. The van der Waals surface area contributed by atoms with Crippen LogP contribution >= 0.6 is 0 Å². The minimum Gasteiger partial charge on any atom is -0.491 e. The predicted molar refractivity (Wildman–Crippen MR) is 71.3 cm³/mol. The van der Waals surface area contributed by atoms with Crippen LogP contribution in [0.3, 0.4) is 0 Å². The lowest BCUT2D eigenvalue weighted by Gasteiger charge is -2.27. The van der Waals surface area contributed by atoms with Crippen LogP contribution in [0.25, 0.3) is 0 Å². The molecule has 0 fully saturated rings. The molecule has 0 heterocycles. The maximum absolute atomic E-state index is 13.0. The molecule has 0 spiro atoms. The topological polar surface area (TPSA) is 55.5 Å². The molecule has 0 amide bonds. The minimum atomic E-state index is -1.01. The molecule has 3 nitrogen and oxygen atoms in total. The molecule has 1 unspecified atom stereocenters. The molecule has 0 bridgehead atoms. The van der Waals surface area contributed by atoms with Gasteiger partial charge in [0.15, 0.2) is 0 Å². The van der Waals surface area contributed by atoms with E-state index >= 15 is 0 Å². The molecule has 100 valence electrons. The normalized spacial score (nSPS) is 13.8. The van der Waals surface area contributed by atoms with Crippen molar-refractivity contribution in [2.75, 3.05) is 13.2 Å². The molecule has 0 saturated carbocycles. The molecule has 1 atom stereocenters. The highest BCUT2D eigenvalue weighted by Gasteiger charge is 2.27. The summed E-state index contributed by atoms with van der Waals surface area (Å²) in [6, 6.07) is 15.0. The minimum absolute atomic E-state index is 0.0664. The largest absolute Gasteiger partial charge is 0.491 e. The SMILES string of the molecule is NC(CO)(COc1cccc(F)c1)c1ccccc1. The van der Waals surface area contributed by atoms with Gasteiger partial charge in [0.25, 0.3) is 0 Å². The molecule has 0 radical (unpaired) electrons. The van der Waals surface area contributed by atoms with Gasteiger partial charge in [-0.05, 0) is 17.7 Å². The standard InChI is InChI=1S/C15H16FNO2/c16-13-7-4-8-14(9-13)19-11-15(17,10-18)12-5-2-1-3-6-12/h1-9,18H,10-11,17H2. The van der Waals surface area contributed by atoms with Crippen molar-refractivity contribution in [3.05, 3.63) is 66.0 Å². The Hall–Kier alpha value is -1.91. The van der Waals surface area contributed by atoms with Crippen molar-refractivity contribution < 1.29 is 14.2 Å². The van der Waals surface area contributed by atoms with Crippen molar-refractivity contribution in [1.29, 1.82) is 0 Å². The summed E-state index contributed by atoms with van der Waals surface area (Å²) in [5.74, 6) is 0.0167. The van der Waals surface area contributed by atoms with Crippen LogP contribution in [-0.4, -0.2) is 18.3 Å². The van der Waals surface area contributed by atoms with Gasteiger partial charge in [-0.1, -0.05) is 36.4 Å². The summed E-state index contributed by atoms with van der Waals surface area (Å²) in [7, 11) is 0. The van der Waals surface area contributed by atoms with Gasteiger partial charge in [-0.3, -0.25) is 0 Å². The van der Waals surface area contributed by atoms with E-state index in [0.29, 0.717) is 5.75 Å². The van der Waals surface area contributed by atoms with Gasteiger partial charge in [-0.15, -0.1) is 0 Å². The molecule has 0 saturated heterocycles. The zero-order valence-electron chi connectivity index (χ0n) is 10.4. The average Bonchev–Trinajstić information content (AvgIpc) is 2.46. The first kappa shape index (κ1) is 13.5. The van der Waals surface area contributed by atoms with E-state index in [4.69, 9.17) is 10.5 Å². The Morgan fingerprint density at radius 2 is 1.84 bits per heavy atom. The number of halogens is 1. The third-order valence-electron chi connectivity index (χ3n) is 2.92. The summed E-state index contributed by atoms with van der Waals surface area (Å²) >= 11 is 0. The number of hydrogen-bond acceptors (Lipinski definition) is 3. The van der Waals surface area contributed by atoms with Crippen molar-refractivity contribution in [2.24, 2.45) is 5.73 Å². The summed E-state index contributed by atoms with van der Waals surface area (Å²) in [5, 5.41) is 9.49. The maximum Gasteiger partial charge on any atom is 0.126 e. The third-order valence-corrected chi connectivity index (χ3v) is 2.92. The second-order valence-electron chi connectivity index (χ2n) is 4.43. The van der Waals surface area contributed by atoms with E-state index in [0.717, 1.165) is 5.56 Å². The predicted octanol–water partition coefficient (Wildman–Crippen LogP) is 2.05. The van der Waals surface area contributed by atoms with Crippen LogP contribution in [0.2, 0.25) is 0 Å². The average molecular weight is 261 g/mol. The lowest BCUT2D eigenvalue weighted by atomic mass is 9.93. The number of hydrogen-bond donors (Lipinski definition) is 2. The number of aliphatic hydroxyl groups is 1. The van der Waals surface area contributed by atoms with Gasteiger partial charge in [0, 0.05) is 6.07 Å². The Labute approximate surface area is 111 Å².